The molecule has 1 N–H and O–H groups in total. The Morgan fingerprint density at radius 1 is 0.938 bits per heavy atom. The molecule has 0 aliphatic heterocycles. The molecule has 2 amide bonds. The van der Waals surface area contributed by atoms with Gasteiger partial charge in [-0.15, -0.1) is 0 Å². The fourth-order valence-electron chi connectivity index (χ4n) is 4.33. The Morgan fingerprint density at radius 3 is 2.12 bits per heavy atom. The molecule has 1 aliphatic rings. The maximum atomic E-state index is 13.3. The van der Waals surface area contributed by atoms with Crippen LogP contribution in [-0.2, 0) is 22.6 Å². The highest BCUT2D eigenvalue weighted by molar-refractivity contribution is 5.87. The van der Waals surface area contributed by atoms with Crippen LogP contribution in [0.5, 0.6) is 0 Å². The molecule has 0 radical (unpaired) electrons. The number of rotatable bonds is 9. The van der Waals surface area contributed by atoms with Crippen LogP contribution in [0.3, 0.4) is 0 Å². The number of amides is 2. The lowest BCUT2D eigenvalue weighted by molar-refractivity contribution is -0.140. The summed E-state index contributed by atoms with van der Waals surface area (Å²) in [5, 5.41) is 3.17. The van der Waals surface area contributed by atoms with Crippen LogP contribution in [0.1, 0.15) is 81.0 Å². The summed E-state index contributed by atoms with van der Waals surface area (Å²) in [6.07, 6.45) is 5.49. The lowest BCUT2D eigenvalue weighted by atomic mass is 10.00. The predicted octanol–water partition coefficient (Wildman–Crippen LogP) is 5.53. The molecule has 0 aromatic heterocycles. The van der Waals surface area contributed by atoms with Gasteiger partial charge in [-0.1, -0.05) is 80.8 Å². The summed E-state index contributed by atoms with van der Waals surface area (Å²) in [5.41, 5.74) is 4.69. The highest BCUT2D eigenvalue weighted by Gasteiger charge is 2.28. The topological polar surface area (TPSA) is 49.4 Å². The van der Waals surface area contributed by atoms with Crippen LogP contribution in [0.25, 0.3) is 0 Å². The van der Waals surface area contributed by atoms with Crippen LogP contribution >= 0.6 is 0 Å². The molecule has 0 saturated heterocycles. The van der Waals surface area contributed by atoms with Gasteiger partial charge in [0.05, 0.1) is 0 Å². The average molecular weight is 435 g/mol. The SMILES string of the molecule is Cc1ccc(CN(C(=O)CCc2ccc(C(C)C)cc2)[C@@H](C)C(=O)NC2CCCC2)cc1. The van der Waals surface area contributed by atoms with Crippen LogP contribution in [0.15, 0.2) is 48.5 Å². The number of benzene rings is 2. The minimum Gasteiger partial charge on any atom is -0.352 e. The summed E-state index contributed by atoms with van der Waals surface area (Å²) in [6.45, 7) is 8.71. The van der Waals surface area contributed by atoms with Crippen molar-refractivity contribution in [3.05, 3.63) is 70.8 Å². The van der Waals surface area contributed by atoms with E-state index in [9.17, 15) is 9.59 Å². The standard InChI is InChI=1S/C28H38N2O2/c1-20(2)25-16-13-23(14-17-25)15-18-27(31)30(19-24-11-9-21(3)10-12-24)22(4)28(32)29-26-7-5-6-8-26/h9-14,16-17,20,22,26H,5-8,15,18-19H2,1-4H3,(H,29,32)/t22-/m0/s1. The fourth-order valence-corrected chi connectivity index (χ4v) is 4.33. The van der Waals surface area contributed by atoms with E-state index in [2.05, 4.69) is 62.5 Å². The Hall–Kier alpha value is -2.62. The number of hydrogen-bond donors (Lipinski definition) is 1. The largest absolute Gasteiger partial charge is 0.352 e. The highest BCUT2D eigenvalue weighted by atomic mass is 16.2. The molecule has 0 spiro atoms. The zero-order valence-electron chi connectivity index (χ0n) is 20.1. The molecule has 2 aromatic carbocycles. The van der Waals surface area contributed by atoms with Crippen LogP contribution in [0.4, 0.5) is 0 Å². The van der Waals surface area contributed by atoms with Gasteiger partial charge in [-0.3, -0.25) is 9.59 Å². The molecular formula is C28H38N2O2. The van der Waals surface area contributed by atoms with E-state index in [0.29, 0.717) is 25.3 Å². The molecule has 4 nitrogen and oxygen atoms in total. The first kappa shape index (κ1) is 24.0. The van der Waals surface area contributed by atoms with Gasteiger partial charge in [0, 0.05) is 19.0 Å². The summed E-state index contributed by atoms with van der Waals surface area (Å²) in [4.78, 5) is 28.0. The Kier molecular flexibility index (Phi) is 8.49. The Bertz CT molecular complexity index is 881. The van der Waals surface area contributed by atoms with Gasteiger partial charge in [-0.2, -0.15) is 0 Å². The van der Waals surface area contributed by atoms with Gasteiger partial charge in [-0.25, -0.2) is 0 Å². The second-order valence-corrected chi connectivity index (χ2v) is 9.57. The fraction of sp³-hybridized carbons (Fsp3) is 0.500. The van der Waals surface area contributed by atoms with E-state index in [-0.39, 0.29) is 17.9 Å². The minimum atomic E-state index is -0.493. The van der Waals surface area contributed by atoms with Gasteiger partial charge in [-0.05, 0) is 55.7 Å². The maximum absolute atomic E-state index is 13.3. The molecule has 0 bridgehead atoms. The van der Waals surface area contributed by atoms with Gasteiger partial charge in [0.25, 0.3) is 0 Å². The zero-order valence-corrected chi connectivity index (χ0v) is 20.1. The van der Waals surface area contributed by atoms with Crippen molar-refractivity contribution in [2.24, 2.45) is 0 Å². The molecule has 2 aromatic rings. The summed E-state index contributed by atoms with van der Waals surface area (Å²) in [7, 11) is 0. The van der Waals surface area contributed by atoms with Crippen molar-refractivity contribution in [3.8, 4) is 0 Å². The predicted molar refractivity (Wildman–Crippen MR) is 130 cm³/mol. The van der Waals surface area contributed by atoms with Crippen molar-refractivity contribution >= 4 is 11.8 Å². The van der Waals surface area contributed by atoms with Crippen molar-refractivity contribution in [2.45, 2.75) is 90.8 Å². The van der Waals surface area contributed by atoms with Crippen molar-refractivity contribution < 1.29 is 9.59 Å². The monoisotopic (exact) mass is 434 g/mol. The van der Waals surface area contributed by atoms with Gasteiger partial charge >= 0.3 is 0 Å². The summed E-state index contributed by atoms with van der Waals surface area (Å²) in [6, 6.07) is 16.5. The average Bonchev–Trinajstić information content (AvgIpc) is 3.30. The van der Waals surface area contributed by atoms with E-state index in [1.807, 2.05) is 19.1 Å². The van der Waals surface area contributed by atoms with E-state index in [1.165, 1.54) is 24.0 Å². The molecule has 0 unspecified atom stereocenters. The number of carbonyl (C=O) groups excluding carboxylic acids is 2. The van der Waals surface area contributed by atoms with E-state index in [1.54, 1.807) is 4.90 Å². The van der Waals surface area contributed by atoms with E-state index in [0.717, 1.165) is 24.0 Å². The first-order valence-corrected chi connectivity index (χ1v) is 12.1. The number of nitrogens with zero attached hydrogens (tertiary/aromatic N) is 1. The number of hydrogen-bond acceptors (Lipinski definition) is 2. The maximum Gasteiger partial charge on any atom is 0.242 e. The quantitative estimate of drug-likeness (QED) is 0.564. The number of aryl methyl sites for hydroxylation is 2. The molecule has 4 heteroatoms. The minimum absolute atomic E-state index is 0.0209. The Morgan fingerprint density at radius 2 is 1.53 bits per heavy atom. The summed E-state index contributed by atoms with van der Waals surface area (Å²) in [5.74, 6) is 0.473. The van der Waals surface area contributed by atoms with Crippen LogP contribution in [0, 0.1) is 6.92 Å². The molecule has 32 heavy (non-hydrogen) atoms. The second-order valence-electron chi connectivity index (χ2n) is 9.57. The molecule has 3 rings (SSSR count). The first-order valence-electron chi connectivity index (χ1n) is 12.1. The van der Waals surface area contributed by atoms with E-state index < -0.39 is 6.04 Å². The van der Waals surface area contributed by atoms with Crippen LogP contribution in [-0.4, -0.2) is 28.8 Å². The van der Waals surface area contributed by atoms with Gasteiger partial charge in [0.2, 0.25) is 11.8 Å². The van der Waals surface area contributed by atoms with Gasteiger partial charge in [0.1, 0.15) is 6.04 Å². The highest BCUT2D eigenvalue weighted by Crippen LogP contribution is 2.20. The van der Waals surface area contributed by atoms with Crippen molar-refractivity contribution in [1.82, 2.24) is 10.2 Å². The molecule has 1 fully saturated rings. The molecule has 1 atom stereocenters. The smallest absolute Gasteiger partial charge is 0.242 e. The first-order chi connectivity index (χ1) is 15.3. The van der Waals surface area contributed by atoms with Crippen molar-refractivity contribution in [1.29, 1.82) is 0 Å². The van der Waals surface area contributed by atoms with Crippen molar-refractivity contribution in [3.63, 3.8) is 0 Å². The lowest BCUT2D eigenvalue weighted by Gasteiger charge is -2.30. The third-order valence-corrected chi connectivity index (χ3v) is 6.62. The lowest BCUT2D eigenvalue weighted by Crippen LogP contribution is -2.49. The van der Waals surface area contributed by atoms with Crippen LogP contribution in [0.2, 0.25) is 0 Å². The molecule has 172 valence electrons. The van der Waals surface area contributed by atoms with Crippen LogP contribution < -0.4 is 5.32 Å². The van der Waals surface area contributed by atoms with Gasteiger partial charge < -0.3 is 10.2 Å². The van der Waals surface area contributed by atoms with Crippen molar-refractivity contribution in [2.75, 3.05) is 0 Å². The Balaban J connectivity index is 1.68. The molecular weight excluding hydrogens is 396 g/mol. The second kappa shape index (κ2) is 11.3. The molecule has 1 aliphatic carbocycles. The third kappa shape index (κ3) is 6.69. The number of carbonyl (C=O) groups is 2. The third-order valence-electron chi connectivity index (χ3n) is 6.62. The number of nitrogens with one attached hydrogen (secondary N) is 1. The van der Waals surface area contributed by atoms with E-state index in [4.69, 9.17) is 0 Å². The summed E-state index contributed by atoms with van der Waals surface area (Å²) >= 11 is 0. The van der Waals surface area contributed by atoms with Gasteiger partial charge in [0.15, 0.2) is 0 Å². The normalized spacial score (nSPS) is 15.0. The molecule has 1 saturated carbocycles. The zero-order chi connectivity index (χ0) is 23.1. The summed E-state index contributed by atoms with van der Waals surface area (Å²) < 4.78 is 0. The molecule has 0 heterocycles. The Labute approximate surface area is 193 Å². The van der Waals surface area contributed by atoms with E-state index >= 15 is 0 Å².